The van der Waals surface area contributed by atoms with E-state index in [1.807, 2.05) is 0 Å². The van der Waals surface area contributed by atoms with Crippen LogP contribution in [0.2, 0.25) is 0 Å². The second-order valence-corrected chi connectivity index (χ2v) is 4.63. The predicted octanol–water partition coefficient (Wildman–Crippen LogP) is 2.08. The van der Waals surface area contributed by atoms with Crippen LogP contribution < -0.4 is 10.5 Å². The molecule has 7 heteroatoms. The summed E-state index contributed by atoms with van der Waals surface area (Å²) in [5, 5.41) is 0. The van der Waals surface area contributed by atoms with Crippen LogP contribution in [0.25, 0.3) is 0 Å². The average molecular weight is 269 g/mol. The van der Waals surface area contributed by atoms with E-state index in [2.05, 4.69) is 9.71 Å². The fraction of sp³-hybridized carbons (Fsp3) is 0. The lowest BCUT2D eigenvalue weighted by Gasteiger charge is -2.07. The second kappa shape index (κ2) is 5.09. The number of nitrogens with two attached hydrogens (primary N) is 1. The third-order valence-electron chi connectivity index (χ3n) is 2.06. The molecule has 2 rings (SSSR count). The first-order valence-electron chi connectivity index (χ1n) is 4.90. The summed E-state index contributed by atoms with van der Waals surface area (Å²) in [5.74, 6) is -1.60. The Morgan fingerprint density at radius 1 is 1.22 bits per heavy atom. The number of hydrogen-bond acceptors (Lipinski definition) is 3. The molecule has 1 unspecified atom stereocenters. The van der Waals surface area contributed by atoms with E-state index in [1.165, 1.54) is 18.5 Å². The molecule has 3 N–H and O–H groups in total. The number of halogens is 2. The lowest BCUT2D eigenvalue weighted by atomic mass is 10.3. The summed E-state index contributed by atoms with van der Waals surface area (Å²) in [6, 6.07) is 4.34. The summed E-state index contributed by atoms with van der Waals surface area (Å²) >= 11 is 0. The van der Waals surface area contributed by atoms with Crippen molar-refractivity contribution in [1.82, 2.24) is 4.98 Å². The predicted molar refractivity (Wildman–Crippen MR) is 65.0 cm³/mol. The zero-order valence-electron chi connectivity index (χ0n) is 9.06. The van der Waals surface area contributed by atoms with Gasteiger partial charge in [0.05, 0.1) is 22.5 Å². The summed E-state index contributed by atoms with van der Waals surface area (Å²) in [6.45, 7) is 0. The van der Waals surface area contributed by atoms with Gasteiger partial charge < -0.3 is 5.73 Å². The van der Waals surface area contributed by atoms with Gasteiger partial charge in [-0.3, -0.25) is 9.71 Å². The first kappa shape index (κ1) is 12.4. The number of nitrogens with one attached hydrogen (secondary N) is 1. The van der Waals surface area contributed by atoms with Gasteiger partial charge in [0.15, 0.2) is 11.0 Å². The van der Waals surface area contributed by atoms with Crippen molar-refractivity contribution >= 4 is 22.4 Å². The molecule has 0 saturated heterocycles. The summed E-state index contributed by atoms with van der Waals surface area (Å²) in [6.07, 6.45) is 2.82. The molecule has 0 radical (unpaired) electrons. The number of hydrogen-bond donors (Lipinski definition) is 2. The van der Waals surface area contributed by atoms with E-state index < -0.39 is 22.6 Å². The van der Waals surface area contributed by atoms with Gasteiger partial charge in [0.1, 0.15) is 11.6 Å². The van der Waals surface area contributed by atoms with E-state index in [1.54, 1.807) is 0 Å². The van der Waals surface area contributed by atoms with Gasteiger partial charge in [-0.1, -0.05) is 0 Å². The minimum Gasteiger partial charge on any atom is -0.397 e. The lowest BCUT2D eigenvalue weighted by molar-refractivity contribution is 0.562. The molecule has 2 aromatic rings. The summed E-state index contributed by atoms with van der Waals surface area (Å²) in [5.41, 5.74) is 6.27. The van der Waals surface area contributed by atoms with Gasteiger partial charge in [-0.15, -0.1) is 0 Å². The number of aromatic nitrogens is 1. The minimum absolute atomic E-state index is 0.140. The quantitative estimate of drug-likeness (QED) is 0.896. The SMILES string of the molecule is Nc1cncc(NS(=O)c2ccc(F)cc2F)c1. The number of nitrogens with zero attached hydrogens (tertiary/aromatic N) is 1. The zero-order valence-corrected chi connectivity index (χ0v) is 9.88. The summed E-state index contributed by atoms with van der Waals surface area (Å²) in [4.78, 5) is 3.65. The summed E-state index contributed by atoms with van der Waals surface area (Å²) in [7, 11) is -1.85. The van der Waals surface area contributed by atoms with Gasteiger partial charge in [-0.25, -0.2) is 13.0 Å². The Balaban J connectivity index is 2.22. The monoisotopic (exact) mass is 269 g/mol. The van der Waals surface area contributed by atoms with Crippen molar-refractivity contribution in [2.24, 2.45) is 0 Å². The van der Waals surface area contributed by atoms with E-state index in [4.69, 9.17) is 5.73 Å². The van der Waals surface area contributed by atoms with Gasteiger partial charge in [0.25, 0.3) is 0 Å². The van der Waals surface area contributed by atoms with E-state index in [-0.39, 0.29) is 4.90 Å². The maximum atomic E-state index is 13.4. The topological polar surface area (TPSA) is 68.0 Å². The third-order valence-corrected chi connectivity index (χ3v) is 3.22. The Hall–Kier alpha value is -2.02. The van der Waals surface area contributed by atoms with Crippen LogP contribution in [-0.2, 0) is 11.0 Å². The van der Waals surface area contributed by atoms with Crippen LogP contribution in [0.3, 0.4) is 0 Å². The first-order chi connectivity index (χ1) is 8.56. The van der Waals surface area contributed by atoms with Crippen LogP contribution in [0, 0.1) is 11.6 Å². The normalized spacial score (nSPS) is 12.1. The molecule has 4 nitrogen and oxygen atoms in total. The van der Waals surface area contributed by atoms with Crippen LogP contribution >= 0.6 is 0 Å². The zero-order chi connectivity index (χ0) is 13.1. The molecular formula is C11H9F2N3OS. The highest BCUT2D eigenvalue weighted by Gasteiger charge is 2.11. The molecule has 1 heterocycles. The van der Waals surface area contributed by atoms with Crippen molar-refractivity contribution in [2.45, 2.75) is 4.90 Å². The van der Waals surface area contributed by atoms with E-state index in [0.29, 0.717) is 17.4 Å². The largest absolute Gasteiger partial charge is 0.397 e. The second-order valence-electron chi connectivity index (χ2n) is 3.45. The molecule has 0 aliphatic carbocycles. The molecule has 0 aliphatic rings. The smallest absolute Gasteiger partial charge is 0.153 e. The van der Waals surface area contributed by atoms with Gasteiger partial charge in [0.2, 0.25) is 0 Å². The molecule has 0 aliphatic heterocycles. The maximum absolute atomic E-state index is 13.4. The highest BCUT2D eigenvalue weighted by atomic mass is 32.2. The van der Waals surface area contributed by atoms with Gasteiger partial charge >= 0.3 is 0 Å². The Labute approximate surface area is 104 Å². The molecule has 0 spiro atoms. The molecule has 1 aromatic heterocycles. The fourth-order valence-corrected chi connectivity index (χ4v) is 2.16. The number of pyridine rings is 1. The van der Waals surface area contributed by atoms with Crippen molar-refractivity contribution in [2.75, 3.05) is 10.5 Å². The van der Waals surface area contributed by atoms with Crippen LogP contribution in [0.15, 0.2) is 41.6 Å². The standard InChI is InChI=1S/C11H9F2N3OS/c12-7-1-2-11(10(13)3-7)18(17)16-9-4-8(14)5-15-6-9/h1-6,16H,14H2. The molecule has 1 aromatic carbocycles. The van der Waals surface area contributed by atoms with Crippen molar-refractivity contribution in [3.8, 4) is 0 Å². The highest BCUT2D eigenvalue weighted by Crippen LogP contribution is 2.17. The Morgan fingerprint density at radius 2 is 2.00 bits per heavy atom. The number of nitrogen functional groups attached to an aromatic ring is 1. The van der Waals surface area contributed by atoms with Gasteiger partial charge in [-0.2, -0.15) is 0 Å². The molecular weight excluding hydrogens is 260 g/mol. The molecule has 1 atom stereocenters. The molecule has 0 bridgehead atoms. The number of anilines is 2. The maximum Gasteiger partial charge on any atom is 0.153 e. The molecule has 94 valence electrons. The van der Waals surface area contributed by atoms with E-state index in [0.717, 1.165) is 12.1 Å². The van der Waals surface area contributed by atoms with Gasteiger partial charge in [0, 0.05) is 12.3 Å². The fourth-order valence-electron chi connectivity index (χ4n) is 1.30. The van der Waals surface area contributed by atoms with Gasteiger partial charge in [-0.05, 0) is 18.2 Å². The van der Waals surface area contributed by atoms with Crippen molar-refractivity contribution in [1.29, 1.82) is 0 Å². The third kappa shape index (κ3) is 2.80. The number of benzene rings is 1. The van der Waals surface area contributed by atoms with Crippen LogP contribution in [-0.4, -0.2) is 9.19 Å². The van der Waals surface area contributed by atoms with Crippen LogP contribution in [0.5, 0.6) is 0 Å². The van der Waals surface area contributed by atoms with Crippen molar-refractivity contribution in [3.63, 3.8) is 0 Å². The van der Waals surface area contributed by atoms with Crippen LogP contribution in [0.1, 0.15) is 0 Å². The van der Waals surface area contributed by atoms with E-state index in [9.17, 15) is 13.0 Å². The van der Waals surface area contributed by atoms with E-state index >= 15 is 0 Å². The minimum atomic E-state index is -1.85. The summed E-state index contributed by atoms with van der Waals surface area (Å²) < 4.78 is 40.4. The molecule has 0 fully saturated rings. The van der Waals surface area contributed by atoms with Crippen LogP contribution in [0.4, 0.5) is 20.2 Å². The van der Waals surface area contributed by atoms with Crippen molar-refractivity contribution in [3.05, 3.63) is 48.3 Å². The Bertz CT molecular complexity index is 607. The Kier molecular flexibility index (Phi) is 3.52. The lowest BCUT2D eigenvalue weighted by Crippen LogP contribution is -2.07. The average Bonchev–Trinajstić information content (AvgIpc) is 2.28. The molecule has 18 heavy (non-hydrogen) atoms. The highest BCUT2D eigenvalue weighted by molar-refractivity contribution is 7.86. The molecule has 0 saturated carbocycles. The Morgan fingerprint density at radius 3 is 2.67 bits per heavy atom. The first-order valence-corrected chi connectivity index (χ1v) is 6.05. The number of rotatable bonds is 3. The molecule has 0 amide bonds. The van der Waals surface area contributed by atoms with Crippen molar-refractivity contribution < 1.29 is 13.0 Å².